The van der Waals surface area contributed by atoms with Gasteiger partial charge in [-0.25, -0.2) is 19.2 Å². The number of halogens is 2. The van der Waals surface area contributed by atoms with Gasteiger partial charge in [0.15, 0.2) is 11.1 Å². The molecule has 0 unspecified atom stereocenters. The van der Waals surface area contributed by atoms with Gasteiger partial charge in [-0.2, -0.15) is 0 Å². The van der Waals surface area contributed by atoms with Crippen LogP contribution in [0.15, 0.2) is 24.3 Å². The molecule has 0 amide bonds. The summed E-state index contributed by atoms with van der Waals surface area (Å²) in [5, 5.41) is 0.321. The Kier molecular flexibility index (Phi) is 10.0. The van der Waals surface area contributed by atoms with Crippen molar-refractivity contribution in [3.8, 4) is 0 Å². The SMILES string of the molecule is COC(=O)C(C(=O)OC)=c1ccc(=C(C(=O)OCCCl)C(=O)OCCCl)cc1. The van der Waals surface area contributed by atoms with Crippen molar-refractivity contribution in [1.82, 2.24) is 0 Å². The van der Waals surface area contributed by atoms with Crippen molar-refractivity contribution in [1.29, 1.82) is 0 Å². The Balaban J connectivity index is 3.56. The van der Waals surface area contributed by atoms with E-state index in [1.54, 1.807) is 0 Å². The Morgan fingerprint density at radius 1 is 0.679 bits per heavy atom. The number of alkyl halides is 2. The predicted molar refractivity (Wildman–Crippen MR) is 99.9 cm³/mol. The van der Waals surface area contributed by atoms with Crippen LogP contribution in [-0.4, -0.2) is 63.1 Å². The van der Waals surface area contributed by atoms with Gasteiger partial charge in [-0.1, -0.05) is 24.3 Å². The van der Waals surface area contributed by atoms with Gasteiger partial charge in [0.2, 0.25) is 0 Å². The van der Waals surface area contributed by atoms with E-state index < -0.39 is 23.9 Å². The smallest absolute Gasteiger partial charge is 0.346 e. The van der Waals surface area contributed by atoms with E-state index in [-0.39, 0.29) is 46.6 Å². The number of methoxy groups -OCH3 is 2. The maximum absolute atomic E-state index is 12.2. The van der Waals surface area contributed by atoms with Crippen LogP contribution in [0.1, 0.15) is 0 Å². The Bertz CT molecular complexity index is 799. The van der Waals surface area contributed by atoms with Crippen LogP contribution in [0.3, 0.4) is 0 Å². The number of rotatable bonds is 8. The van der Waals surface area contributed by atoms with Gasteiger partial charge >= 0.3 is 23.9 Å². The van der Waals surface area contributed by atoms with Crippen molar-refractivity contribution in [2.24, 2.45) is 0 Å². The molecule has 28 heavy (non-hydrogen) atoms. The van der Waals surface area contributed by atoms with E-state index in [0.29, 0.717) is 0 Å². The quantitative estimate of drug-likeness (QED) is 0.242. The molecule has 0 aliphatic rings. The summed E-state index contributed by atoms with van der Waals surface area (Å²) >= 11 is 11.0. The Morgan fingerprint density at radius 3 is 1.29 bits per heavy atom. The van der Waals surface area contributed by atoms with Crippen LogP contribution < -0.4 is 10.4 Å². The zero-order chi connectivity index (χ0) is 21.1. The molecule has 0 aliphatic carbocycles. The molecule has 0 bridgehead atoms. The molecule has 0 atom stereocenters. The summed E-state index contributed by atoms with van der Waals surface area (Å²) in [5.41, 5.74) is -0.716. The molecule has 0 aromatic heterocycles. The molecule has 8 nitrogen and oxygen atoms in total. The average molecular weight is 433 g/mol. The average Bonchev–Trinajstić information content (AvgIpc) is 2.71. The summed E-state index contributed by atoms with van der Waals surface area (Å²) in [6, 6.07) is 5.39. The number of carbonyl (C=O) groups excluding carboxylic acids is 4. The molecule has 10 heteroatoms. The number of benzene rings is 1. The minimum atomic E-state index is -0.932. The normalized spacial score (nSPS) is 9.86. The zero-order valence-electron chi connectivity index (χ0n) is 15.2. The Labute approximate surface area is 170 Å². The number of hydrogen-bond acceptors (Lipinski definition) is 8. The van der Waals surface area contributed by atoms with Crippen molar-refractivity contribution < 1.29 is 38.1 Å². The zero-order valence-corrected chi connectivity index (χ0v) is 16.7. The highest BCUT2D eigenvalue weighted by Crippen LogP contribution is 2.03. The van der Waals surface area contributed by atoms with Gasteiger partial charge in [0.05, 0.1) is 26.0 Å². The first-order valence-corrected chi connectivity index (χ1v) is 8.95. The standard InChI is InChI=1S/C18H18Cl2O8/c1-25-15(21)13(16(22)26-2)11-3-5-12(6-4-11)14(17(23)27-9-7-19)18(24)28-10-8-20/h3-6H,7-10H2,1-2H3. The fraction of sp³-hybridized carbons (Fsp3) is 0.333. The topological polar surface area (TPSA) is 105 Å². The summed E-state index contributed by atoms with van der Waals surface area (Å²) in [7, 11) is 2.23. The number of hydrogen-bond donors (Lipinski definition) is 0. The minimum Gasteiger partial charge on any atom is -0.465 e. The molecule has 0 aliphatic heterocycles. The lowest BCUT2D eigenvalue weighted by molar-refractivity contribution is -0.143. The minimum absolute atomic E-state index is 0.0469. The predicted octanol–water partition coefficient (Wildman–Crippen LogP) is -0.102. The largest absolute Gasteiger partial charge is 0.465 e. The van der Waals surface area contributed by atoms with Gasteiger partial charge in [-0.05, 0) is 10.4 Å². The lowest BCUT2D eigenvalue weighted by Crippen LogP contribution is -2.28. The molecule has 0 radical (unpaired) electrons. The first kappa shape index (κ1) is 23.5. The van der Waals surface area contributed by atoms with E-state index in [0.717, 1.165) is 14.2 Å². The van der Waals surface area contributed by atoms with Crippen LogP contribution in [0.2, 0.25) is 0 Å². The number of esters is 4. The maximum Gasteiger partial charge on any atom is 0.346 e. The highest BCUT2D eigenvalue weighted by molar-refractivity contribution is 6.37. The van der Waals surface area contributed by atoms with Gasteiger partial charge < -0.3 is 18.9 Å². The summed E-state index contributed by atoms with van der Waals surface area (Å²) in [4.78, 5) is 48.2. The molecule has 1 aromatic carbocycles. The van der Waals surface area contributed by atoms with Gasteiger partial charge in [-0.3, -0.25) is 0 Å². The van der Waals surface area contributed by atoms with E-state index >= 15 is 0 Å². The van der Waals surface area contributed by atoms with Crippen LogP contribution in [0.5, 0.6) is 0 Å². The molecule has 0 heterocycles. The molecule has 0 saturated heterocycles. The number of ether oxygens (including phenoxy) is 4. The van der Waals surface area contributed by atoms with E-state index in [9.17, 15) is 19.2 Å². The Hall–Kier alpha value is -2.58. The van der Waals surface area contributed by atoms with E-state index in [1.807, 2.05) is 0 Å². The second-order valence-corrected chi connectivity index (χ2v) is 5.72. The van der Waals surface area contributed by atoms with E-state index in [1.165, 1.54) is 24.3 Å². The second-order valence-electron chi connectivity index (χ2n) is 4.96. The van der Waals surface area contributed by atoms with Crippen molar-refractivity contribution in [3.05, 3.63) is 34.7 Å². The molecule has 0 N–H and O–H groups in total. The summed E-state index contributed by atoms with van der Waals surface area (Å²) in [6.45, 7) is -0.208. The highest BCUT2D eigenvalue weighted by atomic mass is 35.5. The number of carbonyl (C=O) groups is 4. The lowest BCUT2D eigenvalue weighted by atomic mass is 10.1. The fourth-order valence-electron chi connectivity index (χ4n) is 2.05. The third-order valence-corrected chi connectivity index (χ3v) is 3.58. The molecular weight excluding hydrogens is 415 g/mol. The van der Waals surface area contributed by atoms with Crippen LogP contribution in [0.25, 0.3) is 11.1 Å². The third-order valence-electron chi connectivity index (χ3n) is 3.27. The molecule has 0 fully saturated rings. The molecule has 1 rings (SSSR count). The molecule has 0 saturated carbocycles. The summed E-state index contributed by atoms with van der Waals surface area (Å²) in [6.07, 6.45) is 0. The van der Waals surface area contributed by atoms with Crippen LogP contribution in [-0.2, 0) is 38.1 Å². The van der Waals surface area contributed by atoms with Crippen LogP contribution in [0.4, 0.5) is 0 Å². The Morgan fingerprint density at radius 2 is 1.00 bits per heavy atom. The molecule has 0 spiro atoms. The van der Waals surface area contributed by atoms with Gasteiger partial charge in [-0.15, -0.1) is 23.2 Å². The highest BCUT2D eigenvalue weighted by Gasteiger charge is 2.23. The molecular formula is C18H18Cl2O8. The first-order valence-electron chi connectivity index (χ1n) is 7.88. The summed E-state index contributed by atoms with van der Waals surface area (Å²) < 4.78 is 19.0. The molecule has 1 aromatic rings. The van der Waals surface area contributed by atoms with Crippen molar-refractivity contribution >= 4 is 58.2 Å². The van der Waals surface area contributed by atoms with Crippen molar-refractivity contribution in [2.75, 3.05) is 39.2 Å². The third kappa shape index (κ3) is 6.24. The van der Waals surface area contributed by atoms with Gasteiger partial charge in [0, 0.05) is 0 Å². The maximum atomic E-state index is 12.2. The van der Waals surface area contributed by atoms with Gasteiger partial charge in [0.25, 0.3) is 0 Å². The molecule has 152 valence electrons. The first-order chi connectivity index (χ1) is 13.4. The van der Waals surface area contributed by atoms with Gasteiger partial charge in [0.1, 0.15) is 13.2 Å². The van der Waals surface area contributed by atoms with E-state index in [4.69, 9.17) is 32.7 Å². The second kappa shape index (κ2) is 12.0. The van der Waals surface area contributed by atoms with Crippen LogP contribution >= 0.6 is 23.2 Å². The van der Waals surface area contributed by atoms with E-state index in [2.05, 4.69) is 9.47 Å². The monoisotopic (exact) mass is 432 g/mol. The van der Waals surface area contributed by atoms with Crippen molar-refractivity contribution in [2.45, 2.75) is 0 Å². The fourth-order valence-corrected chi connectivity index (χ4v) is 2.21. The van der Waals surface area contributed by atoms with Crippen LogP contribution in [0, 0.1) is 0 Å². The van der Waals surface area contributed by atoms with Crippen molar-refractivity contribution in [3.63, 3.8) is 0 Å². The summed E-state index contributed by atoms with van der Waals surface area (Å²) in [5.74, 6) is -3.56. The lowest BCUT2D eigenvalue weighted by Gasteiger charge is -2.08.